The summed E-state index contributed by atoms with van der Waals surface area (Å²) in [6.45, 7) is 6.50. The number of ether oxygens (including phenoxy) is 3. The molecule has 0 aromatic heterocycles. The van der Waals surface area contributed by atoms with E-state index in [0.29, 0.717) is 19.3 Å². The topological polar surface area (TPSA) is 78.9 Å². The van der Waals surface area contributed by atoms with E-state index in [0.717, 1.165) is 122 Å². The molecule has 0 aliphatic carbocycles. The maximum absolute atomic E-state index is 12.8. The van der Waals surface area contributed by atoms with Crippen molar-refractivity contribution in [3.63, 3.8) is 0 Å². The van der Waals surface area contributed by atoms with Gasteiger partial charge in [-0.15, -0.1) is 0 Å². The van der Waals surface area contributed by atoms with E-state index in [2.05, 4.69) is 118 Å². The highest BCUT2D eigenvalue weighted by Crippen LogP contribution is 2.16. The molecule has 0 spiro atoms. The van der Waals surface area contributed by atoms with Gasteiger partial charge in [-0.1, -0.05) is 272 Å². The second-order valence-corrected chi connectivity index (χ2v) is 19.5. The highest BCUT2D eigenvalue weighted by molar-refractivity contribution is 5.71. The smallest absolute Gasteiger partial charge is 0.306 e. The molecule has 6 nitrogen and oxygen atoms in total. The number of rotatable bonds is 53. The van der Waals surface area contributed by atoms with Crippen molar-refractivity contribution in [2.24, 2.45) is 0 Å². The minimum Gasteiger partial charge on any atom is -0.462 e. The Labute approximate surface area is 438 Å². The third-order valence-electron chi connectivity index (χ3n) is 12.6. The molecule has 0 aromatic carbocycles. The van der Waals surface area contributed by atoms with E-state index in [-0.39, 0.29) is 31.1 Å². The maximum atomic E-state index is 12.8. The van der Waals surface area contributed by atoms with Gasteiger partial charge in [0.2, 0.25) is 0 Å². The van der Waals surface area contributed by atoms with E-state index >= 15 is 0 Å². The molecular weight excluding hydrogens is 877 g/mol. The molecule has 406 valence electrons. The highest BCUT2D eigenvalue weighted by Gasteiger charge is 2.19. The minimum absolute atomic E-state index is 0.0824. The molecule has 0 aromatic rings. The van der Waals surface area contributed by atoms with Crippen molar-refractivity contribution in [3.05, 3.63) is 97.2 Å². The second kappa shape index (κ2) is 58.9. The normalized spacial score (nSPS) is 12.8. The van der Waals surface area contributed by atoms with Crippen molar-refractivity contribution < 1.29 is 28.6 Å². The summed E-state index contributed by atoms with van der Waals surface area (Å²) in [5.41, 5.74) is 0. The van der Waals surface area contributed by atoms with Crippen LogP contribution < -0.4 is 0 Å². The summed E-state index contributed by atoms with van der Waals surface area (Å²) in [5, 5.41) is 0. The van der Waals surface area contributed by atoms with Gasteiger partial charge in [-0.05, 0) is 83.5 Å². The van der Waals surface area contributed by atoms with Crippen LogP contribution in [0.5, 0.6) is 0 Å². The van der Waals surface area contributed by atoms with E-state index in [4.69, 9.17) is 14.2 Å². The van der Waals surface area contributed by atoms with E-state index in [1.807, 2.05) is 0 Å². The number of hydrogen-bond acceptors (Lipinski definition) is 6. The van der Waals surface area contributed by atoms with E-state index in [1.165, 1.54) is 116 Å². The minimum atomic E-state index is -0.784. The second-order valence-electron chi connectivity index (χ2n) is 19.5. The number of carbonyl (C=O) groups excluding carboxylic acids is 3. The Kier molecular flexibility index (Phi) is 55.9. The molecule has 0 rings (SSSR count). The maximum Gasteiger partial charge on any atom is 0.306 e. The van der Waals surface area contributed by atoms with Crippen LogP contribution in [-0.2, 0) is 28.6 Å². The van der Waals surface area contributed by atoms with Crippen LogP contribution in [0.25, 0.3) is 0 Å². The van der Waals surface area contributed by atoms with Gasteiger partial charge in [-0.25, -0.2) is 0 Å². The van der Waals surface area contributed by atoms with Crippen molar-refractivity contribution in [2.75, 3.05) is 13.2 Å². The molecule has 0 radical (unpaired) electrons. The first kappa shape index (κ1) is 67.3. The molecule has 0 N–H and O–H groups in total. The van der Waals surface area contributed by atoms with Gasteiger partial charge in [0.05, 0.1) is 0 Å². The summed E-state index contributed by atoms with van der Waals surface area (Å²) in [7, 11) is 0. The fourth-order valence-electron chi connectivity index (χ4n) is 8.16. The van der Waals surface area contributed by atoms with Crippen molar-refractivity contribution in [3.8, 4) is 0 Å². The Balaban J connectivity index is 4.28. The van der Waals surface area contributed by atoms with Gasteiger partial charge < -0.3 is 14.2 Å². The lowest BCUT2D eigenvalue weighted by molar-refractivity contribution is -0.167. The summed E-state index contributed by atoms with van der Waals surface area (Å²) in [6.07, 6.45) is 78.4. The van der Waals surface area contributed by atoms with Crippen LogP contribution in [-0.4, -0.2) is 37.2 Å². The van der Waals surface area contributed by atoms with Crippen LogP contribution in [0.15, 0.2) is 97.2 Å². The lowest BCUT2D eigenvalue weighted by Gasteiger charge is -2.18. The fraction of sp³-hybridized carbons (Fsp3) is 0.708. The Morgan fingerprint density at radius 3 is 0.859 bits per heavy atom. The summed E-state index contributed by atoms with van der Waals surface area (Å²) in [4.78, 5) is 38.0. The van der Waals surface area contributed by atoms with E-state index in [1.54, 1.807) is 0 Å². The number of carbonyl (C=O) groups is 3. The molecule has 0 aliphatic rings. The molecule has 0 aliphatic heterocycles. The fourth-order valence-corrected chi connectivity index (χ4v) is 8.16. The van der Waals surface area contributed by atoms with Gasteiger partial charge in [0.15, 0.2) is 6.10 Å². The molecule has 0 heterocycles. The Morgan fingerprint density at radius 1 is 0.296 bits per heavy atom. The van der Waals surface area contributed by atoms with Crippen LogP contribution in [0.4, 0.5) is 0 Å². The summed E-state index contributed by atoms with van der Waals surface area (Å²) < 4.78 is 16.8. The Bertz CT molecular complexity index is 1410. The van der Waals surface area contributed by atoms with Crippen molar-refractivity contribution in [1.29, 1.82) is 0 Å². The SMILES string of the molecule is CC/C=C\C/C=C\C/C=C\C/C=C\C/C=C\C/C=C\C/C=C\C/C=C\CCCCCCC(=O)OCC(COC(=O)CCCCCCCCCCC)OC(=O)CCCCCCCCCCCCCCCCC. The van der Waals surface area contributed by atoms with Crippen LogP contribution in [0, 0.1) is 0 Å². The van der Waals surface area contributed by atoms with Gasteiger partial charge in [0, 0.05) is 19.3 Å². The molecule has 6 heteroatoms. The van der Waals surface area contributed by atoms with E-state index < -0.39 is 6.10 Å². The molecule has 1 unspecified atom stereocenters. The lowest BCUT2D eigenvalue weighted by atomic mass is 10.0. The average Bonchev–Trinajstić information content (AvgIpc) is 3.37. The molecule has 71 heavy (non-hydrogen) atoms. The Morgan fingerprint density at radius 2 is 0.549 bits per heavy atom. The van der Waals surface area contributed by atoms with Gasteiger partial charge in [-0.3, -0.25) is 14.4 Å². The average molecular weight is 988 g/mol. The monoisotopic (exact) mass is 987 g/mol. The van der Waals surface area contributed by atoms with E-state index in [9.17, 15) is 14.4 Å². The first-order valence-electron chi connectivity index (χ1n) is 29.7. The molecule has 0 amide bonds. The largest absolute Gasteiger partial charge is 0.462 e. The van der Waals surface area contributed by atoms with Crippen molar-refractivity contribution >= 4 is 17.9 Å². The quantitative estimate of drug-likeness (QED) is 0.0261. The molecule has 1 atom stereocenters. The van der Waals surface area contributed by atoms with Crippen molar-refractivity contribution in [2.45, 2.75) is 284 Å². The third kappa shape index (κ3) is 57.1. The standard InChI is InChI=1S/C65H110O6/c1-4-7-10-13-16-19-21-23-25-26-27-28-29-30-31-32-33-34-35-36-37-38-40-41-43-46-49-52-55-58-64(67)70-61-62(60-69-63(66)57-54-51-48-45-18-15-12-9-6-3)71-65(68)59-56-53-50-47-44-42-39-24-22-20-17-14-11-8-5-2/h7,10,16,19,23,25,27-28,30-31,33-34,36-37,40-41,62H,4-6,8-9,11-15,17-18,20-22,24,26,29,32,35,38-39,42-61H2,1-3H3/b10-7-,19-16-,25-23-,28-27-,31-30-,34-33-,37-36-,41-40-. The predicted octanol–water partition coefficient (Wildman–Crippen LogP) is 20.1. The van der Waals surface area contributed by atoms with Crippen molar-refractivity contribution in [1.82, 2.24) is 0 Å². The summed E-state index contributed by atoms with van der Waals surface area (Å²) >= 11 is 0. The number of unbranched alkanes of at least 4 members (excludes halogenated alkanes) is 26. The zero-order chi connectivity index (χ0) is 51.4. The lowest BCUT2D eigenvalue weighted by Crippen LogP contribution is -2.30. The molecule has 0 bridgehead atoms. The third-order valence-corrected chi connectivity index (χ3v) is 12.6. The Hall–Kier alpha value is -3.67. The van der Waals surface area contributed by atoms with Gasteiger partial charge in [0.25, 0.3) is 0 Å². The zero-order valence-corrected chi connectivity index (χ0v) is 46.5. The number of esters is 3. The van der Waals surface area contributed by atoms with Gasteiger partial charge in [0.1, 0.15) is 13.2 Å². The van der Waals surface area contributed by atoms with Gasteiger partial charge >= 0.3 is 17.9 Å². The first-order chi connectivity index (χ1) is 35.0. The number of hydrogen-bond donors (Lipinski definition) is 0. The van der Waals surface area contributed by atoms with Gasteiger partial charge in [-0.2, -0.15) is 0 Å². The van der Waals surface area contributed by atoms with Crippen LogP contribution in [0.1, 0.15) is 278 Å². The summed E-state index contributed by atoms with van der Waals surface area (Å²) in [6, 6.07) is 0. The summed E-state index contributed by atoms with van der Waals surface area (Å²) in [5.74, 6) is -0.905. The molecule has 0 fully saturated rings. The predicted molar refractivity (Wildman–Crippen MR) is 307 cm³/mol. The number of allylic oxidation sites excluding steroid dienone is 16. The molecule has 0 saturated carbocycles. The first-order valence-corrected chi connectivity index (χ1v) is 29.7. The molecular formula is C65H110O6. The highest BCUT2D eigenvalue weighted by atomic mass is 16.6. The van der Waals surface area contributed by atoms with Crippen LogP contribution in [0.3, 0.4) is 0 Å². The van der Waals surface area contributed by atoms with Crippen LogP contribution in [0.2, 0.25) is 0 Å². The zero-order valence-electron chi connectivity index (χ0n) is 46.5. The molecule has 0 saturated heterocycles. The van der Waals surface area contributed by atoms with Crippen LogP contribution >= 0.6 is 0 Å².